The predicted molar refractivity (Wildman–Crippen MR) is 74.2 cm³/mol. The molecule has 0 aromatic carbocycles. The first-order valence-corrected chi connectivity index (χ1v) is 6.71. The van der Waals surface area contributed by atoms with Crippen molar-refractivity contribution in [1.82, 2.24) is 20.4 Å². The first-order chi connectivity index (χ1) is 9.43. The van der Waals surface area contributed by atoms with E-state index in [2.05, 4.69) is 15.7 Å². The number of aliphatic carboxylic acids is 1. The van der Waals surface area contributed by atoms with Crippen LogP contribution >= 0.6 is 0 Å². The molecular formula is C13H22N4O3. The van der Waals surface area contributed by atoms with E-state index in [4.69, 9.17) is 5.11 Å². The Kier molecular flexibility index (Phi) is 6.02. The zero-order valence-corrected chi connectivity index (χ0v) is 12.0. The Hall–Kier alpha value is -2.05. The van der Waals surface area contributed by atoms with Gasteiger partial charge < -0.3 is 15.7 Å². The van der Waals surface area contributed by atoms with Gasteiger partial charge in [-0.2, -0.15) is 5.10 Å². The molecule has 112 valence electrons. The number of urea groups is 1. The summed E-state index contributed by atoms with van der Waals surface area (Å²) in [4.78, 5) is 22.9. The maximum Gasteiger partial charge on any atom is 0.326 e. The summed E-state index contributed by atoms with van der Waals surface area (Å²) >= 11 is 0. The molecule has 0 aliphatic carbocycles. The van der Waals surface area contributed by atoms with Crippen molar-refractivity contribution in [3.8, 4) is 0 Å². The van der Waals surface area contributed by atoms with Crippen LogP contribution in [0.15, 0.2) is 18.5 Å². The van der Waals surface area contributed by atoms with Crippen LogP contribution in [-0.4, -0.2) is 39.0 Å². The third-order valence-electron chi connectivity index (χ3n) is 3.16. The van der Waals surface area contributed by atoms with Crippen LogP contribution in [0.1, 0.15) is 27.2 Å². The number of carbonyl (C=O) groups is 2. The number of aromatic nitrogens is 2. The lowest BCUT2D eigenvalue weighted by Gasteiger charge is -2.22. The molecule has 0 bridgehead atoms. The van der Waals surface area contributed by atoms with Crippen molar-refractivity contribution in [3.05, 3.63) is 18.5 Å². The fraction of sp³-hybridized carbons (Fsp3) is 0.615. The summed E-state index contributed by atoms with van der Waals surface area (Å²) in [6.07, 6.45) is 4.14. The van der Waals surface area contributed by atoms with Crippen LogP contribution in [0.25, 0.3) is 0 Å². The number of hydrogen-bond donors (Lipinski definition) is 3. The molecular weight excluding hydrogens is 260 g/mol. The minimum atomic E-state index is -1.02. The maximum atomic E-state index is 11.8. The standard InChI is InChI=1S/C13H22N4O3/c1-4-9(2)11(12(18)19)16-13(20)15-10(3)8-17-7-5-6-14-17/h5-7,9-11H,4,8H2,1-3H3,(H,18,19)(H2,15,16,20)/t9?,10?,11-/m0/s1. The molecule has 0 saturated heterocycles. The van der Waals surface area contributed by atoms with Crippen LogP contribution < -0.4 is 10.6 Å². The van der Waals surface area contributed by atoms with Crippen LogP contribution in [0.3, 0.4) is 0 Å². The number of amides is 2. The highest BCUT2D eigenvalue weighted by molar-refractivity contribution is 5.82. The molecule has 0 spiro atoms. The number of nitrogens with zero attached hydrogens (tertiary/aromatic N) is 2. The van der Waals surface area contributed by atoms with Gasteiger partial charge >= 0.3 is 12.0 Å². The van der Waals surface area contributed by atoms with Gasteiger partial charge in [-0.05, 0) is 18.9 Å². The quantitative estimate of drug-likeness (QED) is 0.697. The average Bonchev–Trinajstić information content (AvgIpc) is 2.87. The van der Waals surface area contributed by atoms with Crippen molar-refractivity contribution in [3.63, 3.8) is 0 Å². The van der Waals surface area contributed by atoms with Gasteiger partial charge in [0.25, 0.3) is 0 Å². The van der Waals surface area contributed by atoms with Crippen molar-refractivity contribution in [2.75, 3.05) is 0 Å². The largest absolute Gasteiger partial charge is 0.480 e. The molecule has 2 amide bonds. The number of rotatable bonds is 7. The summed E-state index contributed by atoms with van der Waals surface area (Å²) in [5.41, 5.74) is 0. The molecule has 20 heavy (non-hydrogen) atoms. The van der Waals surface area contributed by atoms with Gasteiger partial charge in [0.05, 0.1) is 6.54 Å². The van der Waals surface area contributed by atoms with Crippen LogP contribution in [0.2, 0.25) is 0 Å². The van der Waals surface area contributed by atoms with Gasteiger partial charge in [-0.25, -0.2) is 9.59 Å². The lowest BCUT2D eigenvalue weighted by molar-refractivity contribution is -0.140. The zero-order valence-electron chi connectivity index (χ0n) is 12.0. The molecule has 0 aliphatic heterocycles. The minimum absolute atomic E-state index is 0.125. The van der Waals surface area contributed by atoms with Crippen LogP contribution in [0.4, 0.5) is 4.79 Å². The fourth-order valence-electron chi connectivity index (χ4n) is 1.82. The Morgan fingerprint density at radius 1 is 1.35 bits per heavy atom. The molecule has 1 aromatic rings. The van der Waals surface area contributed by atoms with Crippen molar-refractivity contribution in [1.29, 1.82) is 0 Å². The lowest BCUT2D eigenvalue weighted by Crippen LogP contribution is -2.51. The third-order valence-corrected chi connectivity index (χ3v) is 3.16. The summed E-state index contributed by atoms with van der Waals surface area (Å²) in [6.45, 7) is 6.05. The van der Waals surface area contributed by atoms with E-state index in [9.17, 15) is 9.59 Å². The Bertz CT molecular complexity index is 433. The van der Waals surface area contributed by atoms with Gasteiger partial charge in [-0.3, -0.25) is 4.68 Å². The second-order valence-corrected chi connectivity index (χ2v) is 4.95. The second kappa shape index (κ2) is 7.52. The molecule has 3 N–H and O–H groups in total. The van der Waals surface area contributed by atoms with Crippen LogP contribution in [0, 0.1) is 5.92 Å². The molecule has 0 radical (unpaired) electrons. The van der Waals surface area contributed by atoms with Gasteiger partial charge in [0, 0.05) is 18.4 Å². The van der Waals surface area contributed by atoms with E-state index in [1.54, 1.807) is 30.1 Å². The smallest absolute Gasteiger partial charge is 0.326 e. The maximum absolute atomic E-state index is 11.8. The Labute approximate surface area is 118 Å². The van der Waals surface area contributed by atoms with E-state index >= 15 is 0 Å². The fourth-order valence-corrected chi connectivity index (χ4v) is 1.82. The first kappa shape index (κ1) is 16.0. The van der Waals surface area contributed by atoms with E-state index < -0.39 is 18.0 Å². The highest BCUT2D eigenvalue weighted by Crippen LogP contribution is 2.07. The van der Waals surface area contributed by atoms with E-state index in [-0.39, 0.29) is 12.0 Å². The molecule has 0 fully saturated rings. The van der Waals surface area contributed by atoms with Gasteiger partial charge in [-0.1, -0.05) is 20.3 Å². The zero-order chi connectivity index (χ0) is 15.1. The molecule has 7 heteroatoms. The highest BCUT2D eigenvalue weighted by atomic mass is 16.4. The molecule has 1 heterocycles. The normalized spacial score (nSPS) is 15.2. The minimum Gasteiger partial charge on any atom is -0.480 e. The summed E-state index contributed by atoms with van der Waals surface area (Å²) in [5, 5.41) is 18.4. The van der Waals surface area contributed by atoms with Crippen LogP contribution in [-0.2, 0) is 11.3 Å². The molecule has 7 nitrogen and oxygen atoms in total. The molecule has 1 aromatic heterocycles. The predicted octanol–water partition coefficient (Wildman–Crippen LogP) is 1.07. The number of carbonyl (C=O) groups excluding carboxylic acids is 1. The molecule has 2 unspecified atom stereocenters. The third kappa shape index (κ3) is 4.91. The number of carboxylic acids is 1. The Morgan fingerprint density at radius 3 is 2.55 bits per heavy atom. The highest BCUT2D eigenvalue weighted by Gasteiger charge is 2.25. The average molecular weight is 282 g/mol. The topological polar surface area (TPSA) is 96.3 Å². The second-order valence-electron chi connectivity index (χ2n) is 4.95. The summed E-state index contributed by atoms with van der Waals surface area (Å²) in [5.74, 6) is -1.14. The van der Waals surface area contributed by atoms with Gasteiger partial charge in [0.1, 0.15) is 6.04 Å². The van der Waals surface area contributed by atoms with Gasteiger partial charge in [-0.15, -0.1) is 0 Å². The lowest BCUT2D eigenvalue weighted by atomic mass is 9.99. The van der Waals surface area contributed by atoms with Crippen molar-refractivity contribution in [2.45, 2.75) is 45.8 Å². The van der Waals surface area contributed by atoms with Crippen molar-refractivity contribution in [2.24, 2.45) is 5.92 Å². The Morgan fingerprint density at radius 2 is 2.05 bits per heavy atom. The first-order valence-electron chi connectivity index (χ1n) is 6.71. The summed E-state index contributed by atoms with van der Waals surface area (Å²) < 4.78 is 1.70. The summed E-state index contributed by atoms with van der Waals surface area (Å²) in [6, 6.07) is 0.298. The van der Waals surface area contributed by atoms with Crippen LogP contribution in [0.5, 0.6) is 0 Å². The molecule has 0 saturated carbocycles. The number of nitrogens with one attached hydrogen (secondary N) is 2. The molecule has 1 rings (SSSR count). The molecule has 0 aliphatic rings. The van der Waals surface area contributed by atoms with E-state index in [1.165, 1.54) is 0 Å². The number of carboxylic acid groups (broad SMARTS) is 1. The summed E-state index contributed by atoms with van der Waals surface area (Å²) in [7, 11) is 0. The molecule has 3 atom stereocenters. The SMILES string of the molecule is CCC(C)[C@H](NC(=O)NC(C)Cn1cccn1)C(=O)O. The van der Waals surface area contributed by atoms with E-state index in [0.29, 0.717) is 13.0 Å². The van der Waals surface area contributed by atoms with Gasteiger partial charge in [0.15, 0.2) is 0 Å². The van der Waals surface area contributed by atoms with Crippen molar-refractivity contribution >= 4 is 12.0 Å². The number of hydrogen-bond acceptors (Lipinski definition) is 3. The van der Waals surface area contributed by atoms with Crippen molar-refractivity contribution < 1.29 is 14.7 Å². The monoisotopic (exact) mass is 282 g/mol. The van der Waals surface area contributed by atoms with E-state index in [0.717, 1.165) is 0 Å². The van der Waals surface area contributed by atoms with Gasteiger partial charge in [0.2, 0.25) is 0 Å². The van der Waals surface area contributed by atoms with E-state index in [1.807, 2.05) is 13.8 Å². The Balaban J connectivity index is 2.46.